The molecular weight excluding hydrogens is 248 g/mol. The fourth-order valence-corrected chi connectivity index (χ4v) is 2.80. The van der Waals surface area contributed by atoms with Gasteiger partial charge in [-0.2, -0.15) is 4.37 Å². The molecule has 0 saturated carbocycles. The van der Waals surface area contributed by atoms with Crippen molar-refractivity contribution in [3.63, 3.8) is 0 Å². The maximum Gasteiger partial charge on any atom is 0.244 e. The van der Waals surface area contributed by atoms with Gasteiger partial charge in [-0.15, -0.1) is 0 Å². The molecule has 0 bridgehead atoms. The van der Waals surface area contributed by atoms with Crippen molar-refractivity contribution < 1.29 is 4.79 Å². The molecule has 18 heavy (non-hydrogen) atoms. The molecule has 1 N–H and O–H groups in total. The second-order valence-electron chi connectivity index (χ2n) is 4.66. The van der Waals surface area contributed by atoms with Gasteiger partial charge in [0.1, 0.15) is 11.9 Å². The third kappa shape index (κ3) is 3.19. The zero-order valence-corrected chi connectivity index (χ0v) is 11.8. The fraction of sp³-hybridized carbons (Fsp3) is 0.750. The first kappa shape index (κ1) is 13.3. The van der Waals surface area contributed by atoms with Gasteiger partial charge in [0.05, 0.1) is 0 Å². The molecule has 1 atom stereocenters. The van der Waals surface area contributed by atoms with E-state index in [1.807, 2.05) is 11.8 Å². The van der Waals surface area contributed by atoms with Gasteiger partial charge in [0.25, 0.3) is 0 Å². The Bertz CT molecular complexity index is 401. The van der Waals surface area contributed by atoms with E-state index < -0.39 is 0 Å². The number of hydrogen-bond acceptors (Lipinski definition) is 5. The summed E-state index contributed by atoms with van der Waals surface area (Å²) in [7, 11) is 0. The molecule has 1 unspecified atom stereocenters. The lowest BCUT2D eigenvalue weighted by Gasteiger charge is -2.20. The van der Waals surface area contributed by atoms with Crippen molar-refractivity contribution in [1.29, 1.82) is 0 Å². The molecule has 0 radical (unpaired) electrons. The molecule has 1 aliphatic heterocycles. The molecule has 2 heterocycles. The van der Waals surface area contributed by atoms with Crippen LogP contribution in [0.1, 0.15) is 38.9 Å². The average molecular weight is 268 g/mol. The summed E-state index contributed by atoms with van der Waals surface area (Å²) in [6.07, 6.45) is 4.18. The highest BCUT2D eigenvalue weighted by molar-refractivity contribution is 7.09. The van der Waals surface area contributed by atoms with Gasteiger partial charge in [0, 0.05) is 31.0 Å². The van der Waals surface area contributed by atoms with Crippen LogP contribution in [-0.4, -0.2) is 39.3 Å². The number of likely N-dealkylation sites (tertiary alicyclic amines) is 1. The lowest BCUT2D eigenvalue weighted by Crippen LogP contribution is -2.39. The van der Waals surface area contributed by atoms with Crippen molar-refractivity contribution in [2.45, 2.75) is 45.6 Å². The number of nitrogens with one attached hydrogen (secondary N) is 1. The number of carbonyl (C=O) groups excluding carboxylic acids is 1. The average Bonchev–Trinajstić information content (AvgIpc) is 3.00. The maximum absolute atomic E-state index is 12.1. The normalized spacial score (nSPS) is 16.9. The topological polar surface area (TPSA) is 58.1 Å². The molecule has 1 fully saturated rings. The first-order chi connectivity index (χ1) is 8.70. The molecule has 0 aromatic carbocycles. The Morgan fingerprint density at radius 1 is 1.50 bits per heavy atom. The molecule has 2 rings (SSSR count). The van der Waals surface area contributed by atoms with Gasteiger partial charge in [-0.25, -0.2) is 4.98 Å². The van der Waals surface area contributed by atoms with Crippen LogP contribution in [0.4, 0.5) is 5.13 Å². The molecule has 1 aromatic heterocycles. The minimum Gasteiger partial charge on any atom is -0.349 e. The van der Waals surface area contributed by atoms with Crippen LogP contribution in [0.5, 0.6) is 0 Å². The van der Waals surface area contributed by atoms with Gasteiger partial charge >= 0.3 is 0 Å². The summed E-state index contributed by atoms with van der Waals surface area (Å²) in [5.41, 5.74) is 0. The van der Waals surface area contributed by atoms with E-state index in [4.69, 9.17) is 0 Å². The van der Waals surface area contributed by atoms with E-state index in [1.165, 1.54) is 11.5 Å². The number of carbonyl (C=O) groups is 1. The van der Waals surface area contributed by atoms with E-state index in [0.29, 0.717) is 0 Å². The molecule has 1 amide bonds. The van der Waals surface area contributed by atoms with E-state index >= 15 is 0 Å². The van der Waals surface area contributed by atoms with Crippen LogP contribution < -0.4 is 5.32 Å². The molecule has 0 spiro atoms. The summed E-state index contributed by atoms with van der Waals surface area (Å²) in [6.45, 7) is 5.78. The first-order valence-electron chi connectivity index (χ1n) is 6.58. The Hall–Kier alpha value is -1.17. The minimum atomic E-state index is -0.217. The number of anilines is 1. The van der Waals surface area contributed by atoms with Gasteiger partial charge in [-0.3, -0.25) is 4.79 Å². The van der Waals surface area contributed by atoms with Gasteiger partial charge in [-0.1, -0.05) is 6.92 Å². The summed E-state index contributed by atoms with van der Waals surface area (Å²) >= 11 is 1.33. The molecule has 0 aliphatic carbocycles. The molecule has 1 aromatic rings. The van der Waals surface area contributed by atoms with Crippen LogP contribution >= 0.6 is 11.5 Å². The van der Waals surface area contributed by atoms with Crippen LogP contribution in [0.2, 0.25) is 0 Å². The van der Waals surface area contributed by atoms with Crippen molar-refractivity contribution >= 4 is 22.6 Å². The predicted molar refractivity (Wildman–Crippen MR) is 72.8 cm³/mol. The Balaban J connectivity index is 1.88. The minimum absolute atomic E-state index is 0.166. The summed E-state index contributed by atoms with van der Waals surface area (Å²) < 4.78 is 4.26. The van der Waals surface area contributed by atoms with Crippen molar-refractivity contribution in [1.82, 2.24) is 14.3 Å². The second kappa shape index (κ2) is 6.13. The van der Waals surface area contributed by atoms with Gasteiger partial charge in [0.2, 0.25) is 11.0 Å². The number of nitrogens with zero attached hydrogens (tertiary/aromatic N) is 3. The smallest absolute Gasteiger partial charge is 0.244 e. The van der Waals surface area contributed by atoms with E-state index in [9.17, 15) is 4.79 Å². The summed E-state index contributed by atoms with van der Waals surface area (Å²) in [5.74, 6) is 1.03. The van der Waals surface area contributed by atoms with E-state index in [1.54, 1.807) is 0 Å². The first-order valence-corrected chi connectivity index (χ1v) is 7.36. The summed E-state index contributed by atoms with van der Waals surface area (Å²) in [6, 6.07) is -0.217. The SMILES string of the molecule is CCCc1nsc(NC(C)C(=O)N2CCCC2)n1. The van der Waals surface area contributed by atoms with Gasteiger partial charge in [-0.05, 0) is 26.2 Å². The number of aryl methyl sites for hydroxylation is 1. The number of aromatic nitrogens is 2. The van der Waals surface area contributed by atoms with Crippen LogP contribution in [0.3, 0.4) is 0 Å². The van der Waals surface area contributed by atoms with Crippen molar-refractivity contribution in [3.8, 4) is 0 Å². The molecule has 100 valence electrons. The zero-order chi connectivity index (χ0) is 13.0. The standard InChI is InChI=1S/C12H20N4OS/c1-3-6-10-14-12(18-15-10)13-9(2)11(17)16-7-4-5-8-16/h9H,3-8H2,1-2H3,(H,13,14,15). The number of rotatable bonds is 5. The van der Waals surface area contributed by atoms with Crippen molar-refractivity contribution in [2.75, 3.05) is 18.4 Å². The highest BCUT2D eigenvalue weighted by Crippen LogP contribution is 2.15. The van der Waals surface area contributed by atoms with Crippen LogP contribution in [0, 0.1) is 0 Å². The Kier molecular flexibility index (Phi) is 4.52. The Morgan fingerprint density at radius 2 is 2.22 bits per heavy atom. The predicted octanol–water partition coefficient (Wildman–Crippen LogP) is 1.91. The van der Waals surface area contributed by atoms with Crippen LogP contribution in [-0.2, 0) is 11.2 Å². The Morgan fingerprint density at radius 3 is 2.89 bits per heavy atom. The zero-order valence-electron chi connectivity index (χ0n) is 11.0. The maximum atomic E-state index is 12.1. The number of hydrogen-bond donors (Lipinski definition) is 1. The largest absolute Gasteiger partial charge is 0.349 e. The second-order valence-corrected chi connectivity index (χ2v) is 5.42. The highest BCUT2D eigenvalue weighted by atomic mass is 32.1. The van der Waals surface area contributed by atoms with Crippen molar-refractivity contribution in [3.05, 3.63) is 5.82 Å². The molecule has 6 heteroatoms. The highest BCUT2D eigenvalue weighted by Gasteiger charge is 2.23. The van der Waals surface area contributed by atoms with Crippen LogP contribution in [0.15, 0.2) is 0 Å². The molecule has 1 saturated heterocycles. The third-order valence-corrected chi connectivity index (χ3v) is 3.75. The summed E-state index contributed by atoms with van der Waals surface area (Å²) in [5, 5.41) is 3.90. The molecule has 1 aliphatic rings. The summed E-state index contributed by atoms with van der Waals surface area (Å²) in [4.78, 5) is 18.4. The quantitative estimate of drug-likeness (QED) is 0.886. The molecular formula is C12H20N4OS. The van der Waals surface area contributed by atoms with E-state index in [0.717, 1.165) is 49.7 Å². The van der Waals surface area contributed by atoms with E-state index in [2.05, 4.69) is 21.6 Å². The monoisotopic (exact) mass is 268 g/mol. The van der Waals surface area contributed by atoms with E-state index in [-0.39, 0.29) is 11.9 Å². The number of amides is 1. The lowest BCUT2D eigenvalue weighted by molar-refractivity contribution is -0.130. The van der Waals surface area contributed by atoms with Gasteiger partial charge in [0.15, 0.2) is 0 Å². The lowest BCUT2D eigenvalue weighted by atomic mass is 10.3. The van der Waals surface area contributed by atoms with Crippen LogP contribution in [0.25, 0.3) is 0 Å². The van der Waals surface area contributed by atoms with Gasteiger partial charge < -0.3 is 10.2 Å². The molecule has 5 nitrogen and oxygen atoms in total. The fourth-order valence-electron chi connectivity index (χ4n) is 2.10. The third-order valence-electron chi connectivity index (χ3n) is 3.07. The van der Waals surface area contributed by atoms with Crippen molar-refractivity contribution in [2.24, 2.45) is 0 Å². The Labute approximate surface area is 112 Å².